The number of hydrogen-bond acceptors (Lipinski definition) is 3. The fourth-order valence-corrected chi connectivity index (χ4v) is 2.57. The van der Waals surface area contributed by atoms with Gasteiger partial charge in [0.15, 0.2) is 0 Å². The Kier molecular flexibility index (Phi) is 5.73. The zero-order valence-corrected chi connectivity index (χ0v) is 13.4. The Morgan fingerprint density at radius 2 is 1.50 bits per heavy atom. The number of benzene rings is 2. The molecule has 0 fully saturated rings. The minimum absolute atomic E-state index is 0.174. The Bertz CT molecular complexity index is 577. The van der Waals surface area contributed by atoms with Crippen LogP contribution >= 0.6 is 0 Å². The highest BCUT2D eigenvalue weighted by atomic mass is 16.5. The first-order chi connectivity index (χ1) is 10.7. The van der Waals surface area contributed by atoms with Crippen molar-refractivity contribution in [1.29, 1.82) is 0 Å². The van der Waals surface area contributed by atoms with E-state index in [1.54, 1.807) is 0 Å². The Balaban J connectivity index is 0.000000309. The molecule has 0 radical (unpaired) electrons. The summed E-state index contributed by atoms with van der Waals surface area (Å²) in [6, 6.07) is 17.2. The van der Waals surface area contributed by atoms with Gasteiger partial charge in [-0.2, -0.15) is 0 Å². The largest absolute Gasteiger partial charge is 0.467 e. The zero-order chi connectivity index (χ0) is 15.9. The molecule has 0 aromatic heterocycles. The maximum Gasteiger partial charge on any atom is 0.293 e. The number of hydrogen-bond donors (Lipinski definition) is 1. The minimum atomic E-state index is 0.174. The topological polar surface area (TPSA) is 38.3 Å². The Hall–Kier alpha value is -2.13. The molecule has 2 aromatic carbocycles. The summed E-state index contributed by atoms with van der Waals surface area (Å²) in [5.41, 5.74) is 5.00. The lowest BCUT2D eigenvalue weighted by Crippen LogP contribution is -2.15. The van der Waals surface area contributed by atoms with Gasteiger partial charge in [-0.15, -0.1) is 0 Å². The van der Waals surface area contributed by atoms with Crippen LogP contribution in [0.15, 0.2) is 48.5 Å². The van der Waals surface area contributed by atoms with E-state index >= 15 is 0 Å². The van der Waals surface area contributed by atoms with Gasteiger partial charge in [-0.05, 0) is 29.3 Å². The molecule has 0 amide bonds. The third-order valence-corrected chi connectivity index (χ3v) is 3.87. The maximum atomic E-state index is 10.4. The van der Waals surface area contributed by atoms with Crippen LogP contribution in [0.2, 0.25) is 0 Å². The van der Waals surface area contributed by atoms with E-state index < -0.39 is 0 Å². The van der Waals surface area contributed by atoms with Crippen molar-refractivity contribution in [2.24, 2.45) is 0 Å². The Morgan fingerprint density at radius 1 is 1.05 bits per heavy atom. The second kappa shape index (κ2) is 7.76. The van der Waals surface area contributed by atoms with E-state index in [4.69, 9.17) is 4.74 Å². The maximum absolute atomic E-state index is 10.4. The number of rotatable bonds is 4. The predicted molar refractivity (Wildman–Crippen MR) is 89.9 cm³/mol. The number of nitrogens with one attached hydrogen (secondary N) is 1. The highest BCUT2D eigenvalue weighted by Crippen LogP contribution is 2.44. The summed E-state index contributed by atoms with van der Waals surface area (Å²) in [5, 5.41) is 3.03. The van der Waals surface area contributed by atoms with Gasteiger partial charge < -0.3 is 10.1 Å². The highest BCUT2D eigenvalue weighted by molar-refractivity contribution is 5.78. The van der Waals surface area contributed by atoms with Crippen molar-refractivity contribution < 1.29 is 9.53 Å². The molecule has 0 heterocycles. The molecule has 0 bridgehead atoms. The van der Waals surface area contributed by atoms with Crippen molar-refractivity contribution in [3.05, 3.63) is 59.7 Å². The molecule has 3 nitrogen and oxygen atoms in total. The van der Waals surface area contributed by atoms with Crippen molar-refractivity contribution >= 4 is 6.47 Å². The van der Waals surface area contributed by atoms with Crippen LogP contribution in [0.4, 0.5) is 0 Å². The molecule has 116 valence electrons. The third-order valence-electron chi connectivity index (χ3n) is 3.87. The van der Waals surface area contributed by atoms with Crippen molar-refractivity contribution in [2.75, 3.05) is 13.7 Å². The fourth-order valence-electron chi connectivity index (χ4n) is 2.57. The first-order valence-corrected chi connectivity index (χ1v) is 7.59. The standard InChI is InChI=1S/C15H12O2.C4H11N/c16-10-17-9-15-13-7-3-1-5-11(13)12-6-2-4-8-14(12)15;1-4(2)5-3/h1-8,10,15H,9H2;4-5H,1-3H3. The van der Waals surface area contributed by atoms with E-state index in [9.17, 15) is 4.79 Å². The van der Waals surface area contributed by atoms with Crippen LogP contribution in [0, 0.1) is 0 Å². The molecular formula is C19H23NO2. The smallest absolute Gasteiger partial charge is 0.293 e. The van der Waals surface area contributed by atoms with Crippen LogP contribution in [-0.2, 0) is 9.53 Å². The number of fused-ring (bicyclic) bond motifs is 3. The van der Waals surface area contributed by atoms with Crippen LogP contribution in [0.3, 0.4) is 0 Å². The van der Waals surface area contributed by atoms with Crippen LogP contribution in [-0.4, -0.2) is 26.2 Å². The summed E-state index contributed by atoms with van der Waals surface area (Å²) in [5.74, 6) is 0.174. The van der Waals surface area contributed by atoms with Crippen LogP contribution < -0.4 is 5.32 Å². The van der Waals surface area contributed by atoms with Gasteiger partial charge in [0.1, 0.15) is 6.61 Å². The lowest BCUT2D eigenvalue weighted by molar-refractivity contribution is -0.128. The number of carbonyl (C=O) groups is 1. The van der Waals surface area contributed by atoms with Crippen molar-refractivity contribution in [3.63, 3.8) is 0 Å². The van der Waals surface area contributed by atoms with E-state index in [0.29, 0.717) is 19.1 Å². The van der Waals surface area contributed by atoms with Gasteiger partial charge in [0.25, 0.3) is 6.47 Å². The van der Waals surface area contributed by atoms with Gasteiger partial charge in [0, 0.05) is 12.0 Å². The van der Waals surface area contributed by atoms with E-state index in [2.05, 4.69) is 43.4 Å². The van der Waals surface area contributed by atoms with Crippen LogP contribution in [0.1, 0.15) is 30.9 Å². The molecule has 0 atom stereocenters. The summed E-state index contributed by atoms with van der Waals surface area (Å²) in [6.45, 7) is 5.15. The quantitative estimate of drug-likeness (QED) is 0.877. The van der Waals surface area contributed by atoms with Gasteiger partial charge in [-0.1, -0.05) is 62.4 Å². The monoisotopic (exact) mass is 297 g/mol. The van der Waals surface area contributed by atoms with Gasteiger partial charge in [0.05, 0.1) is 0 Å². The predicted octanol–water partition coefficient (Wildman–Crippen LogP) is 3.59. The first-order valence-electron chi connectivity index (χ1n) is 7.59. The van der Waals surface area contributed by atoms with E-state index in [0.717, 1.165) is 0 Å². The molecular weight excluding hydrogens is 274 g/mol. The summed E-state index contributed by atoms with van der Waals surface area (Å²) >= 11 is 0. The third kappa shape index (κ3) is 3.55. The highest BCUT2D eigenvalue weighted by Gasteiger charge is 2.28. The second-order valence-electron chi connectivity index (χ2n) is 5.60. The second-order valence-corrected chi connectivity index (χ2v) is 5.60. The zero-order valence-electron chi connectivity index (χ0n) is 13.4. The molecule has 0 saturated heterocycles. The number of carbonyl (C=O) groups excluding carboxylic acids is 1. The molecule has 0 aliphatic heterocycles. The average molecular weight is 297 g/mol. The summed E-state index contributed by atoms with van der Waals surface area (Å²) in [6.07, 6.45) is 0. The summed E-state index contributed by atoms with van der Waals surface area (Å²) in [4.78, 5) is 10.4. The van der Waals surface area contributed by atoms with Crippen LogP contribution in [0.25, 0.3) is 11.1 Å². The van der Waals surface area contributed by atoms with Crippen molar-refractivity contribution in [1.82, 2.24) is 5.32 Å². The fraction of sp³-hybridized carbons (Fsp3) is 0.316. The first kappa shape index (κ1) is 16.2. The Labute approximate surface area is 132 Å². The van der Waals surface area contributed by atoms with E-state index in [1.165, 1.54) is 22.3 Å². The number of ether oxygens (including phenoxy) is 1. The summed E-state index contributed by atoms with van der Waals surface area (Å²) in [7, 11) is 1.95. The molecule has 1 N–H and O–H groups in total. The molecule has 22 heavy (non-hydrogen) atoms. The molecule has 1 aliphatic carbocycles. The molecule has 0 spiro atoms. The van der Waals surface area contributed by atoms with Gasteiger partial charge in [0.2, 0.25) is 0 Å². The summed E-state index contributed by atoms with van der Waals surface area (Å²) < 4.78 is 4.95. The van der Waals surface area contributed by atoms with E-state index in [1.807, 2.05) is 31.3 Å². The molecule has 0 unspecified atom stereocenters. The van der Waals surface area contributed by atoms with E-state index in [-0.39, 0.29) is 5.92 Å². The molecule has 0 saturated carbocycles. The van der Waals surface area contributed by atoms with Gasteiger partial charge in [-0.25, -0.2) is 0 Å². The van der Waals surface area contributed by atoms with Crippen LogP contribution in [0.5, 0.6) is 0 Å². The minimum Gasteiger partial charge on any atom is -0.467 e. The molecule has 3 heteroatoms. The van der Waals surface area contributed by atoms with Gasteiger partial charge in [-0.3, -0.25) is 4.79 Å². The van der Waals surface area contributed by atoms with Crippen molar-refractivity contribution in [2.45, 2.75) is 25.8 Å². The molecule has 3 rings (SSSR count). The lowest BCUT2D eigenvalue weighted by atomic mass is 9.98. The SMILES string of the molecule is CNC(C)C.O=COCC1c2ccccc2-c2ccccc21. The molecule has 1 aliphatic rings. The lowest BCUT2D eigenvalue weighted by Gasteiger charge is -2.11. The Morgan fingerprint density at radius 3 is 1.91 bits per heavy atom. The van der Waals surface area contributed by atoms with Gasteiger partial charge >= 0.3 is 0 Å². The molecule has 2 aromatic rings. The van der Waals surface area contributed by atoms with Crippen molar-refractivity contribution in [3.8, 4) is 11.1 Å². The normalized spacial score (nSPS) is 12.2. The average Bonchev–Trinajstić information content (AvgIpc) is 2.87.